The van der Waals surface area contributed by atoms with Crippen molar-refractivity contribution in [3.05, 3.63) is 5.82 Å². The van der Waals surface area contributed by atoms with Gasteiger partial charge in [-0.1, -0.05) is 6.92 Å². The van der Waals surface area contributed by atoms with Gasteiger partial charge >= 0.3 is 0 Å². The number of aromatic nitrogens is 4. The summed E-state index contributed by atoms with van der Waals surface area (Å²) in [5, 5.41) is 22.1. The minimum Gasteiger partial charge on any atom is -0.390 e. The lowest BCUT2D eigenvalue weighted by Crippen LogP contribution is -2.57. The zero-order valence-electron chi connectivity index (χ0n) is 18.1. The molecule has 7 heteroatoms. The van der Waals surface area contributed by atoms with Crippen LogP contribution in [-0.2, 0) is 11.3 Å². The van der Waals surface area contributed by atoms with E-state index in [9.17, 15) is 9.90 Å². The Morgan fingerprint density at radius 2 is 1.90 bits per heavy atom. The van der Waals surface area contributed by atoms with Crippen molar-refractivity contribution in [3.63, 3.8) is 0 Å². The fourth-order valence-corrected chi connectivity index (χ4v) is 8.80. The summed E-state index contributed by atoms with van der Waals surface area (Å²) >= 11 is 0. The van der Waals surface area contributed by atoms with Crippen molar-refractivity contribution in [2.75, 3.05) is 0 Å². The molecule has 1 aromatic rings. The molecule has 9 atom stereocenters. The number of carbonyl (C=O) groups excluding carboxylic acids is 1. The van der Waals surface area contributed by atoms with Crippen molar-refractivity contribution in [2.45, 2.75) is 89.4 Å². The summed E-state index contributed by atoms with van der Waals surface area (Å²) < 4.78 is 18.1. The number of hydrogen-bond acceptors (Lipinski definition) is 5. The van der Waals surface area contributed by atoms with Crippen molar-refractivity contribution in [2.24, 2.45) is 40.9 Å². The summed E-state index contributed by atoms with van der Waals surface area (Å²) in [6, 6.07) is 0. The Balaban J connectivity index is 1.23. The molecule has 6 nitrogen and oxygen atoms in total. The molecule has 5 fully saturated rings. The molecule has 0 bridgehead atoms. The number of Topliss-reactive ketones (excluding diaryl/α,β-unsaturated/α-hetero) is 1. The summed E-state index contributed by atoms with van der Waals surface area (Å²) in [4.78, 5) is 13.2. The van der Waals surface area contributed by atoms with E-state index in [-0.39, 0.29) is 41.4 Å². The van der Waals surface area contributed by atoms with Crippen molar-refractivity contribution < 1.29 is 14.3 Å². The average Bonchev–Trinajstić information content (AvgIpc) is 3.03. The number of rotatable bonds is 3. The number of halogens is 1. The van der Waals surface area contributed by atoms with Crippen LogP contribution in [-0.4, -0.2) is 42.4 Å². The van der Waals surface area contributed by atoms with E-state index in [1.54, 1.807) is 4.68 Å². The first-order valence-electron chi connectivity index (χ1n) is 11.9. The normalized spacial score (nSPS) is 51.5. The van der Waals surface area contributed by atoms with E-state index in [0.29, 0.717) is 30.5 Å². The summed E-state index contributed by atoms with van der Waals surface area (Å²) in [5.41, 5.74) is -1.67. The van der Waals surface area contributed by atoms with Crippen LogP contribution in [0.25, 0.3) is 0 Å². The van der Waals surface area contributed by atoms with Gasteiger partial charge < -0.3 is 5.11 Å². The lowest BCUT2D eigenvalue weighted by Gasteiger charge is -2.58. The number of aryl methyl sites for hydroxylation is 1. The SMILES string of the molecule is Cc1nnnn1CC(=O)[C@H]1CC[C@H]2[C@@H]3CC[C@@H]4C5C[C@@]5(O)CC[C@]4(F)[C@H]3CC[C@]12C. The van der Waals surface area contributed by atoms with Gasteiger partial charge in [0, 0.05) is 5.92 Å². The second kappa shape index (κ2) is 6.11. The third kappa shape index (κ3) is 2.44. The van der Waals surface area contributed by atoms with Gasteiger partial charge in [0.15, 0.2) is 5.78 Å². The predicted molar refractivity (Wildman–Crippen MR) is 107 cm³/mol. The predicted octanol–water partition coefficient (Wildman–Crippen LogP) is 3.27. The lowest BCUT2D eigenvalue weighted by atomic mass is 9.48. The highest BCUT2D eigenvalue weighted by Gasteiger charge is 2.71. The Morgan fingerprint density at radius 3 is 2.67 bits per heavy atom. The quantitative estimate of drug-likeness (QED) is 0.818. The number of alkyl halides is 1. The maximum Gasteiger partial charge on any atom is 0.158 e. The van der Waals surface area contributed by atoms with Crippen LogP contribution in [0.15, 0.2) is 0 Å². The Hall–Kier alpha value is -1.37. The fraction of sp³-hybridized carbons (Fsp3) is 0.913. The molecule has 0 saturated heterocycles. The molecule has 0 radical (unpaired) electrons. The Kier molecular flexibility index (Phi) is 3.94. The summed E-state index contributed by atoms with van der Waals surface area (Å²) in [6.07, 6.45) is 7.76. The second-order valence-corrected chi connectivity index (χ2v) is 11.4. The molecule has 0 spiro atoms. The Bertz CT molecular complexity index is 890. The van der Waals surface area contributed by atoms with Crippen LogP contribution >= 0.6 is 0 Å². The van der Waals surface area contributed by atoms with Gasteiger partial charge in [0.25, 0.3) is 0 Å². The number of aliphatic hydroxyl groups is 1. The van der Waals surface area contributed by atoms with Crippen molar-refractivity contribution in [1.29, 1.82) is 0 Å². The zero-order chi connectivity index (χ0) is 20.9. The molecule has 0 amide bonds. The molecular weight excluding hydrogens is 383 g/mol. The van der Waals surface area contributed by atoms with E-state index < -0.39 is 11.3 Å². The molecule has 1 aromatic heterocycles. The minimum atomic E-state index is -1.09. The molecule has 5 aliphatic rings. The average molecular weight is 417 g/mol. The third-order valence-corrected chi connectivity index (χ3v) is 10.4. The molecule has 0 aliphatic heterocycles. The van der Waals surface area contributed by atoms with E-state index in [0.717, 1.165) is 44.9 Å². The van der Waals surface area contributed by atoms with E-state index in [2.05, 4.69) is 22.4 Å². The molecule has 164 valence electrons. The van der Waals surface area contributed by atoms with Crippen LogP contribution in [0, 0.1) is 47.8 Å². The lowest BCUT2D eigenvalue weighted by molar-refractivity contribution is -0.153. The van der Waals surface area contributed by atoms with Gasteiger partial charge in [-0.05, 0) is 110 Å². The van der Waals surface area contributed by atoms with Gasteiger partial charge in [-0.3, -0.25) is 4.79 Å². The highest BCUT2D eigenvalue weighted by Crippen LogP contribution is 2.70. The zero-order valence-corrected chi connectivity index (χ0v) is 18.1. The second-order valence-electron chi connectivity index (χ2n) is 11.4. The minimum absolute atomic E-state index is 0.0280. The summed E-state index contributed by atoms with van der Waals surface area (Å²) in [6.45, 7) is 4.37. The van der Waals surface area contributed by atoms with Crippen LogP contribution in [0.2, 0.25) is 0 Å². The van der Waals surface area contributed by atoms with Crippen LogP contribution in [0.1, 0.15) is 70.5 Å². The molecule has 5 aliphatic carbocycles. The van der Waals surface area contributed by atoms with Crippen molar-refractivity contribution in [1.82, 2.24) is 20.2 Å². The monoisotopic (exact) mass is 416 g/mol. The van der Waals surface area contributed by atoms with Gasteiger partial charge in [-0.25, -0.2) is 9.07 Å². The number of ketones is 1. The highest BCUT2D eigenvalue weighted by atomic mass is 19.1. The van der Waals surface area contributed by atoms with Crippen LogP contribution in [0.5, 0.6) is 0 Å². The van der Waals surface area contributed by atoms with Gasteiger partial charge in [-0.2, -0.15) is 0 Å². The van der Waals surface area contributed by atoms with E-state index in [1.807, 2.05) is 6.92 Å². The van der Waals surface area contributed by atoms with Gasteiger partial charge in [-0.15, -0.1) is 5.10 Å². The summed E-state index contributed by atoms with van der Waals surface area (Å²) in [7, 11) is 0. The highest BCUT2D eigenvalue weighted by molar-refractivity contribution is 5.82. The number of carbonyl (C=O) groups is 1. The topological polar surface area (TPSA) is 80.9 Å². The maximum atomic E-state index is 16.5. The van der Waals surface area contributed by atoms with Crippen molar-refractivity contribution >= 4 is 5.78 Å². The van der Waals surface area contributed by atoms with Gasteiger partial charge in [0.1, 0.15) is 18.0 Å². The largest absolute Gasteiger partial charge is 0.390 e. The van der Waals surface area contributed by atoms with E-state index in [1.165, 1.54) is 0 Å². The first-order chi connectivity index (χ1) is 14.3. The molecule has 30 heavy (non-hydrogen) atoms. The first-order valence-corrected chi connectivity index (χ1v) is 11.9. The van der Waals surface area contributed by atoms with Crippen molar-refractivity contribution in [3.8, 4) is 0 Å². The molecule has 6 rings (SSSR count). The number of nitrogens with zero attached hydrogens (tertiary/aromatic N) is 4. The number of tetrazole rings is 1. The number of hydrogen-bond donors (Lipinski definition) is 1. The molecule has 1 unspecified atom stereocenters. The fourth-order valence-electron chi connectivity index (χ4n) is 8.80. The van der Waals surface area contributed by atoms with Gasteiger partial charge in [0.05, 0.1) is 5.60 Å². The smallest absolute Gasteiger partial charge is 0.158 e. The molecule has 0 aromatic carbocycles. The number of fused-ring (bicyclic) bond motifs is 7. The summed E-state index contributed by atoms with van der Waals surface area (Å²) in [5.74, 6) is 2.14. The van der Waals surface area contributed by atoms with E-state index >= 15 is 4.39 Å². The van der Waals surface area contributed by atoms with Crippen LogP contribution < -0.4 is 0 Å². The Morgan fingerprint density at radius 1 is 1.10 bits per heavy atom. The molecule has 1 N–H and O–H groups in total. The standard InChI is InChI=1S/C23H33FN4O2/c1-13-25-26-27-28(13)12-20(29)18-6-5-15-14-3-4-17-19-11-22(19,30)9-10-23(17,24)16(14)7-8-21(15,18)2/h14-19,30H,3-12H2,1-2H3/t14-,15-,16-,17+,18+,19?,21-,22-,23-/m0/s1. The van der Waals surface area contributed by atoms with Crippen LogP contribution in [0.3, 0.4) is 0 Å². The molecule has 1 heterocycles. The molecular formula is C23H33FN4O2. The van der Waals surface area contributed by atoms with Crippen LogP contribution in [0.4, 0.5) is 4.39 Å². The molecule has 5 saturated carbocycles. The third-order valence-electron chi connectivity index (χ3n) is 10.4. The van der Waals surface area contributed by atoms with E-state index in [4.69, 9.17) is 0 Å². The Labute approximate surface area is 177 Å². The maximum absolute atomic E-state index is 16.5. The van der Waals surface area contributed by atoms with Gasteiger partial charge in [0.2, 0.25) is 0 Å². The first kappa shape index (κ1) is 19.3.